The van der Waals surface area contributed by atoms with Gasteiger partial charge in [0.2, 0.25) is 0 Å². The maximum atomic E-state index is 12.4. The van der Waals surface area contributed by atoms with E-state index in [2.05, 4.69) is 45.3 Å². The molecule has 0 fully saturated rings. The van der Waals surface area contributed by atoms with Crippen LogP contribution >= 0.6 is 27.3 Å². The zero-order chi connectivity index (χ0) is 17.8. The van der Waals surface area contributed by atoms with E-state index in [1.54, 1.807) is 6.08 Å². The molecule has 0 unspecified atom stereocenters. The summed E-state index contributed by atoms with van der Waals surface area (Å²) in [5.74, 6) is -0.215. The van der Waals surface area contributed by atoms with E-state index in [-0.39, 0.29) is 5.91 Å². The molecule has 0 radical (unpaired) electrons. The fourth-order valence-corrected chi connectivity index (χ4v) is 3.54. The Morgan fingerprint density at radius 3 is 2.44 bits per heavy atom. The Kier molecular flexibility index (Phi) is 5.46. The quantitative estimate of drug-likeness (QED) is 0.549. The summed E-state index contributed by atoms with van der Waals surface area (Å²) in [5.41, 5.74) is 4.13. The zero-order valence-electron chi connectivity index (χ0n) is 13.9. The summed E-state index contributed by atoms with van der Waals surface area (Å²) in [6.45, 7) is 4.07. The van der Waals surface area contributed by atoms with Gasteiger partial charge in [-0.1, -0.05) is 60.2 Å². The molecule has 3 rings (SSSR count). The Labute approximate surface area is 159 Å². The molecule has 0 bridgehead atoms. The highest BCUT2D eigenvalue weighted by molar-refractivity contribution is 9.12. The van der Waals surface area contributed by atoms with Crippen molar-refractivity contribution in [3.63, 3.8) is 0 Å². The van der Waals surface area contributed by atoms with Crippen molar-refractivity contribution in [2.45, 2.75) is 13.8 Å². The lowest BCUT2D eigenvalue weighted by Crippen LogP contribution is -2.10. The van der Waals surface area contributed by atoms with Crippen molar-refractivity contribution in [3.8, 4) is 11.3 Å². The summed E-state index contributed by atoms with van der Waals surface area (Å²) >= 11 is 4.82. The number of aryl methyl sites for hydroxylation is 2. The normalized spacial score (nSPS) is 11.4. The van der Waals surface area contributed by atoms with Gasteiger partial charge in [-0.15, -0.1) is 11.3 Å². The molecule has 0 aliphatic heterocycles. The molecule has 0 spiro atoms. The lowest BCUT2D eigenvalue weighted by molar-refractivity contribution is -0.112. The molecule has 0 saturated carbocycles. The predicted molar refractivity (Wildman–Crippen MR) is 109 cm³/mol. The number of aromatic nitrogens is 1. The number of hydrogen-bond acceptors (Lipinski definition) is 3. The van der Waals surface area contributed by atoms with Crippen molar-refractivity contribution >= 4 is 44.4 Å². The van der Waals surface area contributed by atoms with Gasteiger partial charge in [0.1, 0.15) is 0 Å². The summed E-state index contributed by atoms with van der Waals surface area (Å²) in [4.78, 5) is 18.0. The number of nitrogens with zero attached hydrogens (tertiary/aromatic N) is 1. The highest BCUT2D eigenvalue weighted by Gasteiger charge is 2.13. The van der Waals surface area contributed by atoms with Crippen LogP contribution in [0.4, 0.5) is 5.13 Å². The van der Waals surface area contributed by atoms with Crippen molar-refractivity contribution in [3.05, 3.63) is 75.1 Å². The van der Waals surface area contributed by atoms with Crippen LogP contribution in [0.2, 0.25) is 0 Å². The molecule has 1 amide bonds. The number of halogens is 1. The molecule has 1 heterocycles. The second-order valence-corrected chi connectivity index (χ2v) is 7.70. The Bertz CT molecular complexity index is 915. The Morgan fingerprint density at radius 2 is 1.76 bits per heavy atom. The lowest BCUT2D eigenvalue weighted by Gasteiger charge is -2.01. The fourth-order valence-electron chi connectivity index (χ4n) is 2.35. The predicted octanol–water partition coefficient (Wildman–Crippen LogP) is 5.80. The van der Waals surface area contributed by atoms with E-state index in [0.717, 1.165) is 21.7 Å². The summed E-state index contributed by atoms with van der Waals surface area (Å²) in [5, 5.41) is 3.45. The van der Waals surface area contributed by atoms with Crippen LogP contribution in [0.3, 0.4) is 0 Å². The minimum atomic E-state index is -0.215. The molecule has 126 valence electrons. The van der Waals surface area contributed by atoms with Crippen molar-refractivity contribution in [1.82, 2.24) is 4.98 Å². The first-order chi connectivity index (χ1) is 12.0. The summed E-state index contributed by atoms with van der Waals surface area (Å²) < 4.78 is 0.462. The molecular formula is C20H17BrN2OS. The van der Waals surface area contributed by atoms with Gasteiger partial charge in [0.25, 0.3) is 5.91 Å². The maximum absolute atomic E-state index is 12.4. The first-order valence-electron chi connectivity index (χ1n) is 7.81. The van der Waals surface area contributed by atoms with Crippen LogP contribution in [0.5, 0.6) is 0 Å². The van der Waals surface area contributed by atoms with Crippen LogP contribution < -0.4 is 5.32 Å². The largest absolute Gasteiger partial charge is 0.297 e. The number of carbonyl (C=O) groups is 1. The van der Waals surface area contributed by atoms with Crippen molar-refractivity contribution in [2.75, 3.05) is 5.32 Å². The number of amides is 1. The molecular weight excluding hydrogens is 396 g/mol. The number of nitrogens with one attached hydrogen (secondary N) is 1. The molecule has 0 aliphatic rings. The van der Waals surface area contributed by atoms with E-state index >= 15 is 0 Å². The molecule has 0 atom stereocenters. The minimum absolute atomic E-state index is 0.215. The number of hydrogen-bond donors (Lipinski definition) is 1. The highest BCUT2D eigenvalue weighted by atomic mass is 79.9. The van der Waals surface area contributed by atoms with Gasteiger partial charge in [-0.2, -0.15) is 0 Å². The summed E-state index contributed by atoms with van der Waals surface area (Å²) in [6, 6.07) is 17.9. The molecule has 25 heavy (non-hydrogen) atoms. The van der Waals surface area contributed by atoms with E-state index in [0.29, 0.717) is 9.61 Å². The topological polar surface area (TPSA) is 42.0 Å². The van der Waals surface area contributed by atoms with E-state index in [4.69, 9.17) is 0 Å². The van der Waals surface area contributed by atoms with Gasteiger partial charge in [0.05, 0.1) is 10.2 Å². The van der Waals surface area contributed by atoms with E-state index in [9.17, 15) is 4.79 Å². The first-order valence-corrected chi connectivity index (χ1v) is 9.42. The number of anilines is 1. The molecule has 0 saturated heterocycles. The summed E-state index contributed by atoms with van der Waals surface area (Å²) in [6.07, 6.45) is 1.79. The number of carbonyl (C=O) groups excluding carboxylic acids is 1. The molecule has 1 aromatic heterocycles. The third-order valence-corrected chi connectivity index (χ3v) is 5.13. The molecule has 2 aromatic carbocycles. The van der Waals surface area contributed by atoms with Crippen LogP contribution in [-0.4, -0.2) is 10.9 Å². The van der Waals surface area contributed by atoms with E-state index in [1.165, 1.54) is 16.9 Å². The monoisotopic (exact) mass is 412 g/mol. The highest BCUT2D eigenvalue weighted by Crippen LogP contribution is 2.31. The third kappa shape index (κ3) is 4.44. The van der Waals surface area contributed by atoms with Crippen LogP contribution in [0.1, 0.15) is 16.0 Å². The van der Waals surface area contributed by atoms with Crippen molar-refractivity contribution < 1.29 is 4.79 Å². The van der Waals surface area contributed by atoms with Crippen LogP contribution in [0, 0.1) is 13.8 Å². The van der Waals surface area contributed by atoms with Gasteiger partial charge >= 0.3 is 0 Å². The van der Waals surface area contributed by atoms with Crippen molar-refractivity contribution in [2.24, 2.45) is 0 Å². The van der Waals surface area contributed by atoms with Gasteiger partial charge in [0.15, 0.2) is 5.13 Å². The Balaban J connectivity index is 1.77. The molecule has 3 aromatic rings. The molecule has 3 nitrogen and oxygen atoms in total. The Hall–Kier alpha value is -2.24. The van der Waals surface area contributed by atoms with Gasteiger partial charge < -0.3 is 0 Å². The lowest BCUT2D eigenvalue weighted by atomic mass is 10.1. The summed E-state index contributed by atoms with van der Waals surface area (Å²) in [7, 11) is 0. The van der Waals surface area contributed by atoms with E-state index in [1.807, 2.05) is 49.4 Å². The average Bonchev–Trinajstić information content (AvgIpc) is 2.96. The van der Waals surface area contributed by atoms with Crippen LogP contribution in [0.15, 0.2) is 59.1 Å². The average molecular weight is 413 g/mol. The van der Waals surface area contributed by atoms with E-state index < -0.39 is 0 Å². The second kappa shape index (κ2) is 7.76. The van der Waals surface area contributed by atoms with Crippen LogP contribution in [-0.2, 0) is 4.79 Å². The SMILES string of the molecule is Cc1ccc(-c2nc(NC(=O)/C(Br)=C/c3ccccc3)sc2C)cc1. The van der Waals surface area contributed by atoms with Gasteiger partial charge in [0, 0.05) is 10.4 Å². The standard InChI is InChI=1S/C20H17BrN2OS/c1-13-8-10-16(11-9-13)18-14(2)25-20(22-18)23-19(24)17(21)12-15-6-4-3-5-7-15/h3-12H,1-2H3,(H,22,23,24)/b17-12-. The smallest absolute Gasteiger partial charge is 0.264 e. The van der Waals surface area contributed by atoms with Gasteiger partial charge in [-0.05, 0) is 41.4 Å². The maximum Gasteiger partial charge on any atom is 0.264 e. The fraction of sp³-hybridized carbons (Fsp3) is 0.100. The number of thiazole rings is 1. The number of rotatable bonds is 4. The minimum Gasteiger partial charge on any atom is -0.297 e. The second-order valence-electron chi connectivity index (χ2n) is 5.65. The zero-order valence-corrected chi connectivity index (χ0v) is 16.3. The first kappa shape index (κ1) is 17.6. The van der Waals surface area contributed by atoms with Gasteiger partial charge in [-0.25, -0.2) is 4.98 Å². The third-order valence-electron chi connectivity index (χ3n) is 3.65. The Morgan fingerprint density at radius 1 is 1.08 bits per heavy atom. The molecule has 5 heteroatoms. The molecule has 0 aliphatic carbocycles. The van der Waals surface area contributed by atoms with Crippen molar-refractivity contribution in [1.29, 1.82) is 0 Å². The molecule has 1 N–H and O–H groups in total. The number of benzene rings is 2. The van der Waals surface area contributed by atoms with Crippen LogP contribution in [0.25, 0.3) is 17.3 Å². The van der Waals surface area contributed by atoms with Gasteiger partial charge in [-0.3, -0.25) is 10.1 Å².